The van der Waals surface area contributed by atoms with E-state index in [4.69, 9.17) is 11.6 Å². The lowest BCUT2D eigenvalue weighted by Crippen LogP contribution is -2.40. The van der Waals surface area contributed by atoms with Crippen molar-refractivity contribution in [2.75, 3.05) is 12.3 Å². The van der Waals surface area contributed by atoms with E-state index >= 15 is 0 Å². The van der Waals surface area contributed by atoms with Crippen molar-refractivity contribution in [3.05, 3.63) is 66.0 Å². The summed E-state index contributed by atoms with van der Waals surface area (Å²) in [5.74, 6) is 0.120. The van der Waals surface area contributed by atoms with Gasteiger partial charge in [0.05, 0.1) is 11.4 Å². The monoisotopic (exact) mass is 442 g/mol. The molecule has 0 fully saturated rings. The Bertz CT molecular complexity index is 1070. The molecule has 0 saturated carbocycles. The quantitative estimate of drug-likeness (QED) is 0.429. The van der Waals surface area contributed by atoms with Gasteiger partial charge in [-0.05, 0) is 36.8 Å². The van der Waals surface area contributed by atoms with Crippen molar-refractivity contribution < 1.29 is 9.59 Å². The Hall–Kier alpha value is -3.17. The van der Waals surface area contributed by atoms with E-state index in [-0.39, 0.29) is 12.3 Å². The third-order valence-corrected chi connectivity index (χ3v) is 5.38. The zero-order valence-corrected chi connectivity index (χ0v) is 17.7. The number of pyridine rings is 1. The summed E-state index contributed by atoms with van der Waals surface area (Å²) in [4.78, 5) is 27.8. The lowest BCUT2D eigenvalue weighted by Gasteiger charge is -2.13. The van der Waals surface area contributed by atoms with Crippen LogP contribution in [0.3, 0.4) is 0 Å². The maximum Gasteiger partial charge on any atom is 0.321 e. The Morgan fingerprint density at radius 2 is 2.00 bits per heavy atom. The number of carbonyl (C=O) groups is 2. The molecule has 1 aromatic carbocycles. The number of benzene rings is 1. The molecule has 8 nitrogen and oxygen atoms in total. The van der Waals surface area contributed by atoms with Crippen molar-refractivity contribution in [1.29, 1.82) is 0 Å². The van der Waals surface area contributed by atoms with Crippen LogP contribution in [0.25, 0.3) is 17.1 Å². The second-order valence-corrected chi connectivity index (χ2v) is 7.45. The van der Waals surface area contributed by atoms with Crippen molar-refractivity contribution in [3.63, 3.8) is 0 Å². The number of amides is 3. The van der Waals surface area contributed by atoms with Crippen LogP contribution in [0.1, 0.15) is 5.56 Å². The molecule has 0 aliphatic heterocycles. The molecule has 2 N–H and O–H groups in total. The number of imide groups is 1. The smallest absolute Gasteiger partial charge is 0.321 e. The van der Waals surface area contributed by atoms with E-state index in [1.807, 2.05) is 35.8 Å². The Balaban J connectivity index is 1.89. The standard InChI is InChI=1S/C20H19ClN6O2S/c1-3-9-23-19(29)24-17(28)12-30-20-26-25-18(14-7-10-22-11-8-14)27(20)16-6-4-5-15(21)13(16)2/h3-8,10-11H,1,9,12H2,2H3,(H2,23,24,28,29). The number of urea groups is 1. The number of hydrogen-bond donors (Lipinski definition) is 2. The van der Waals surface area contributed by atoms with Gasteiger partial charge in [0, 0.05) is 29.5 Å². The van der Waals surface area contributed by atoms with Gasteiger partial charge in [0.15, 0.2) is 11.0 Å². The van der Waals surface area contributed by atoms with E-state index in [9.17, 15) is 9.59 Å². The molecule has 0 aliphatic carbocycles. The number of aromatic nitrogens is 4. The minimum atomic E-state index is -0.579. The Morgan fingerprint density at radius 1 is 1.23 bits per heavy atom. The van der Waals surface area contributed by atoms with Crippen LogP contribution in [0.4, 0.5) is 4.79 Å². The van der Waals surface area contributed by atoms with Gasteiger partial charge in [-0.15, -0.1) is 16.8 Å². The van der Waals surface area contributed by atoms with Crippen LogP contribution >= 0.6 is 23.4 Å². The van der Waals surface area contributed by atoms with E-state index in [1.165, 1.54) is 6.08 Å². The molecular weight excluding hydrogens is 424 g/mol. The first kappa shape index (κ1) is 21.5. The zero-order chi connectivity index (χ0) is 21.5. The fraction of sp³-hybridized carbons (Fsp3) is 0.150. The first-order chi connectivity index (χ1) is 14.5. The Kier molecular flexibility index (Phi) is 7.21. The number of rotatable bonds is 7. The third-order valence-electron chi connectivity index (χ3n) is 4.04. The molecule has 0 atom stereocenters. The average Bonchev–Trinajstić information content (AvgIpc) is 3.17. The van der Waals surface area contributed by atoms with E-state index < -0.39 is 11.9 Å². The average molecular weight is 443 g/mol. The normalized spacial score (nSPS) is 10.5. The molecule has 2 aromatic heterocycles. The summed E-state index contributed by atoms with van der Waals surface area (Å²) in [5.41, 5.74) is 2.47. The van der Waals surface area contributed by atoms with Gasteiger partial charge < -0.3 is 5.32 Å². The molecular formula is C20H19ClN6O2S. The predicted octanol–water partition coefficient (Wildman–Crippen LogP) is 3.40. The maximum atomic E-state index is 12.1. The summed E-state index contributed by atoms with van der Waals surface area (Å²) in [6, 6.07) is 8.62. The second kappa shape index (κ2) is 10.0. The number of hydrogen-bond acceptors (Lipinski definition) is 6. The van der Waals surface area contributed by atoms with Crippen molar-refractivity contribution in [1.82, 2.24) is 30.4 Å². The largest absolute Gasteiger partial charge is 0.334 e. The van der Waals surface area contributed by atoms with Crippen molar-refractivity contribution >= 4 is 35.3 Å². The minimum Gasteiger partial charge on any atom is -0.334 e. The summed E-state index contributed by atoms with van der Waals surface area (Å²) in [6.07, 6.45) is 4.86. The third kappa shape index (κ3) is 5.05. The van der Waals surface area contributed by atoms with E-state index in [0.29, 0.717) is 16.0 Å². The van der Waals surface area contributed by atoms with Gasteiger partial charge in [0.1, 0.15) is 0 Å². The highest BCUT2D eigenvalue weighted by Gasteiger charge is 2.19. The van der Waals surface area contributed by atoms with Gasteiger partial charge in [-0.3, -0.25) is 19.7 Å². The number of nitrogens with zero attached hydrogens (tertiary/aromatic N) is 4. The second-order valence-electron chi connectivity index (χ2n) is 6.10. The van der Waals surface area contributed by atoms with Crippen LogP contribution in [0.5, 0.6) is 0 Å². The molecule has 0 unspecified atom stereocenters. The van der Waals surface area contributed by atoms with Crippen LogP contribution in [0, 0.1) is 6.92 Å². The molecule has 154 valence electrons. The summed E-state index contributed by atoms with van der Waals surface area (Å²) < 4.78 is 1.84. The van der Waals surface area contributed by atoms with Crippen LogP contribution in [-0.4, -0.2) is 44.0 Å². The highest BCUT2D eigenvalue weighted by Crippen LogP contribution is 2.31. The topological polar surface area (TPSA) is 102 Å². The van der Waals surface area contributed by atoms with Gasteiger partial charge >= 0.3 is 6.03 Å². The fourth-order valence-electron chi connectivity index (χ4n) is 2.61. The number of carbonyl (C=O) groups excluding carboxylic acids is 2. The maximum absolute atomic E-state index is 12.1. The summed E-state index contributed by atoms with van der Waals surface area (Å²) in [7, 11) is 0. The van der Waals surface area contributed by atoms with Gasteiger partial charge in [-0.1, -0.05) is 35.5 Å². The molecule has 2 heterocycles. The van der Waals surface area contributed by atoms with Gasteiger partial charge in [0.2, 0.25) is 5.91 Å². The SMILES string of the molecule is C=CCNC(=O)NC(=O)CSc1nnc(-c2ccncc2)n1-c1cccc(Cl)c1C. The Morgan fingerprint density at radius 3 is 2.73 bits per heavy atom. The molecule has 3 amide bonds. The van der Waals surface area contributed by atoms with E-state index in [2.05, 4.69) is 32.4 Å². The van der Waals surface area contributed by atoms with Crippen LogP contribution in [0.2, 0.25) is 5.02 Å². The fourth-order valence-corrected chi connectivity index (χ4v) is 3.52. The summed E-state index contributed by atoms with van der Waals surface area (Å²) in [5, 5.41) is 14.4. The number of thioether (sulfide) groups is 1. The summed E-state index contributed by atoms with van der Waals surface area (Å²) >= 11 is 7.49. The van der Waals surface area contributed by atoms with Gasteiger partial charge in [-0.25, -0.2) is 4.79 Å². The number of nitrogens with one attached hydrogen (secondary N) is 2. The first-order valence-electron chi connectivity index (χ1n) is 8.94. The molecule has 0 bridgehead atoms. The first-order valence-corrected chi connectivity index (χ1v) is 10.3. The van der Waals surface area contributed by atoms with E-state index in [0.717, 1.165) is 28.6 Å². The molecule has 0 radical (unpaired) electrons. The van der Waals surface area contributed by atoms with Crippen molar-refractivity contribution in [2.45, 2.75) is 12.1 Å². The van der Waals surface area contributed by atoms with Crippen LogP contribution < -0.4 is 10.6 Å². The Labute approximate surface area is 182 Å². The van der Waals surface area contributed by atoms with Gasteiger partial charge in [-0.2, -0.15) is 0 Å². The molecule has 0 saturated heterocycles. The molecule has 0 aliphatic rings. The number of halogens is 1. The molecule has 30 heavy (non-hydrogen) atoms. The van der Waals surface area contributed by atoms with Crippen molar-refractivity contribution in [2.24, 2.45) is 0 Å². The minimum absolute atomic E-state index is 0.0183. The van der Waals surface area contributed by atoms with Gasteiger partial charge in [0.25, 0.3) is 0 Å². The van der Waals surface area contributed by atoms with E-state index in [1.54, 1.807) is 18.5 Å². The lowest BCUT2D eigenvalue weighted by molar-refractivity contribution is -0.117. The predicted molar refractivity (Wildman–Crippen MR) is 117 cm³/mol. The van der Waals surface area contributed by atoms with Crippen LogP contribution in [-0.2, 0) is 4.79 Å². The molecule has 3 aromatic rings. The molecule has 3 rings (SSSR count). The lowest BCUT2D eigenvalue weighted by atomic mass is 10.2. The highest BCUT2D eigenvalue weighted by molar-refractivity contribution is 7.99. The highest BCUT2D eigenvalue weighted by atomic mass is 35.5. The molecule has 10 heteroatoms. The van der Waals surface area contributed by atoms with Crippen molar-refractivity contribution in [3.8, 4) is 17.1 Å². The summed E-state index contributed by atoms with van der Waals surface area (Å²) in [6.45, 7) is 5.67. The zero-order valence-electron chi connectivity index (χ0n) is 16.1. The van der Waals surface area contributed by atoms with Crippen LogP contribution in [0.15, 0.2) is 60.5 Å². The molecule has 0 spiro atoms.